The van der Waals surface area contributed by atoms with Gasteiger partial charge >= 0.3 is 5.69 Å². The van der Waals surface area contributed by atoms with Crippen LogP contribution in [0.4, 0.5) is 5.82 Å². The van der Waals surface area contributed by atoms with E-state index in [1.807, 2.05) is 0 Å². The molecule has 3 unspecified atom stereocenters. The predicted molar refractivity (Wildman–Crippen MR) is 63.5 cm³/mol. The van der Waals surface area contributed by atoms with Crippen molar-refractivity contribution in [1.29, 1.82) is 0 Å². The Kier molecular flexibility index (Phi) is 1.99. The van der Waals surface area contributed by atoms with Crippen molar-refractivity contribution >= 4 is 11.5 Å². The van der Waals surface area contributed by atoms with Crippen molar-refractivity contribution < 1.29 is 4.74 Å². The molecule has 2 aliphatic heterocycles. The minimum Gasteiger partial charge on any atom is -0.373 e. The lowest BCUT2D eigenvalue weighted by atomic mass is 9.95. The molecule has 0 radical (unpaired) electrons. The van der Waals surface area contributed by atoms with E-state index in [4.69, 9.17) is 4.74 Å². The summed E-state index contributed by atoms with van der Waals surface area (Å²) in [6, 6.07) is 2.09. The van der Waals surface area contributed by atoms with Gasteiger partial charge in [-0.05, 0) is 19.3 Å². The van der Waals surface area contributed by atoms with Crippen LogP contribution in [0.2, 0.25) is 0 Å². The molecule has 18 heavy (non-hydrogen) atoms. The SMILES string of the molecule is O=c1[nH]nc2cc(NC3CC4CCC3O4)ncn12. The molecule has 0 aromatic carbocycles. The fraction of sp³-hybridized carbons (Fsp3) is 0.545. The van der Waals surface area contributed by atoms with Crippen LogP contribution < -0.4 is 11.0 Å². The van der Waals surface area contributed by atoms with Crippen LogP contribution in [-0.4, -0.2) is 37.8 Å². The molecule has 0 aliphatic carbocycles. The van der Waals surface area contributed by atoms with Gasteiger partial charge in [-0.3, -0.25) is 0 Å². The zero-order chi connectivity index (χ0) is 12.1. The highest BCUT2D eigenvalue weighted by molar-refractivity contribution is 5.49. The molecule has 2 N–H and O–H groups in total. The second kappa shape index (κ2) is 3.55. The van der Waals surface area contributed by atoms with Crippen LogP contribution in [0, 0.1) is 0 Å². The summed E-state index contributed by atoms with van der Waals surface area (Å²) in [5, 5.41) is 9.67. The fourth-order valence-corrected chi connectivity index (χ4v) is 2.87. The molecule has 2 aromatic heterocycles. The van der Waals surface area contributed by atoms with E-state index in [-0.39, 0.29) is 5.69 Å². The first-order valence-electron chi connectivity index (χ1n) is 6.14. The van der Waals surface area contributed by atoms with E-state index >= 15 is 0 Å². The van der Waals surface area contributed by atoms with Crippen LogP contribution in [0.15, 0.2) is 17.2 Å². The van der Waals surface area contributed by atoms with Gasteiger partial charge in [-0.25, -0.2) is 19.3 Å². The third-order valence-electron chi connectivity index (χ3n) is 3.75. The average Bonchev–Trinajstić information content (AvgIpc) is 3.06. The second-order valence-corrected chi connectivity index (χ2v) is 4.89. The highest BCUT2D eigenvalue weighted by Crippen LogP contribution is 2.35. The molecule has 2 aromatic rings. The number of nitrogens with one attached hydrogen (secondary N) is 2. The molecule has 4 rings (SSSR count). The molecule has 2 fully saturated rings. The van der Waals surface area contributed by atoms with Gasteiger partial charge in [-0.2, -0.15) is 5.10 Å². The molecule has 2 bridgehead atoms. The average molecular weight is 247 g/mol. The number of nitrogens with zero attached hydrogens (tertiary/aromatic N) is 3. The molecule has 0 amide bonds. The van der Waals surface area contributed by atoms with Gasteiger partial charge in [-0.1, -0.05) is 0 Å². The topological polar surface area (TPSA) is 84.3 Å². The van der Waals surface area contributed by atoms with Crippen molar-refractivity contribution in [2.24, 2.45) is 0 Å². The number of hydrogen-bond donors (Lipinski definition) is 2. The van der Waals surface area contributed by atoms with Gasteiger partial charge in [0.2, 0.25) is 0 Å². The van der Waals surface area contributed by atoms with E-state index in [1.165, 1.54) is 17.1 Å². The Bertz CT molecular complexity index is 648. The van der Waals surface area contributed by atoms with Crippen molar-refractivity contribution in [3.8, 4) is 0 Å². The maximum absolute atomic E-state index is 11.3. The number of anilines is 1. The molecule has 2 aliphatic rings. The van der Waals surface area contributed by atoms with Gasteiger partial charge < -0.3 is 10.1 Å². The van der Waals surface area contributed by atoms with E-state index in [0.717, 1.165) is 18.7 Å². The number of hydrogen-bond acceptors (Lipinski definition) is 5. The zero-order valence-corrected chi connectivity index (χ0v) is 9.67. The van der Waals surface area contributed by atoms with Crippen LogP contribution in [0.25, 0.3) is 5.65 Å². The van der Waals surface area contributed by atoms with Crippen LogP contribution in [0.1, 0.15) is 19.3 Å². The van der Waals surface area contributed by atoms with Crippen LogP contribution in [0.5, 0.6) is 0 Å². The number of fused-ring (bicyclic) bond motifs is 3. The Labute approximate surface area is 102 Å². The van der Waals surface area contributed by atoms with Gasteiger partial charge in [0.1, 0.15) is 12.1 Å². The van der Waals surface area contributed by atoms with Gasteiger partial charge in [-0.15, -0.1) is 0 Å². The molecule has 0 saturated carbocycles. The van der Waals surface area contributed by atoms with E-state index in [9.17, 15) is 4.79 Å². The number of rotatable bonds is 2. The lowest BCUT2D eigenvalue weighted by Crippen LogP contribution is -2.30. The van der Waals surface area contributed by atoms with E-state index in [0.29, 0.717) is 23.9 Å². The summed E-state index contributed by atoms with van der Waals surface area (Å²) in [6.07, 6.45) is 5.51. The quantitative estimate of drug-likeness (QED) is 0.789. The Morgan fingerprint density at radius 2 is 2.44 bits per heavy atom. The van der Waals surface area contributed by atoms with Crippen molar-refractivity contribution in [1.82, 2.24) is 19.6 Å². The van der Waals surface area contributed by atoms with E-state index in [2.05, 4.69) is 20.5 Å². The van der Waals surface area contributed by atoms with E-state index < -0.39 is 0 Å². The largest absolute Gasteiger partial charge is 0.373 e. The summed E-state index contributed by atoms with van der Waals surface area (Å²) < 4.78 is 7.16. The summed E-state index contributed by atoms with van der Waals surface area (Å²) >= 11 is 0. The molecule has 4 heterocycles. The summed E-state index contributed by atoms with van der Waals surface area (Å²) in [5.41, 5.74) is 0.300. The highest BCUT2D eigenvalue weighted by atomic mass is 16.5. The third-order valence-corrected chi connectivity index (χ3v) is 3.75. The smallest absolute Gasteiger partial charge is 0.348 e. The van der Waals surface area contributed by atoms with Crippen LogP contribution >= 0.6 is 0 Å². The summed E-state index contributed by atoms with van der Waals surface area (Å²) in [6.45, 7) is 0. The predicted octanol–water partition coefficient (Wildman–Crippen LogP) is 0.149. The monoisotopic (exact) mass is 247 g/mol. The second-order valence-electron chi connectivity index (χ2n) is 4.89. The lowest BCUT2D eigenvalue weighted by molar-refractivity contribution is 0.102. The number of aromatic amines is 1. The third kappa shape index (κ3) is 1.43. The van der Waals surface area contributed by atoms with Crippen molar-refractivity contribution in [3.05, 3.63) is 22.9 Å². The van der Waals surface area contributed by atoms with Crippen molar-refractivity contribution in [2.45, 2.75) is 37.5 Å². The molecular formula is C11H13N5O2. The molecule has 7 heteroatoms. The molecule has 0 spiro atoms. The minimum absolute atomic E-state index is 0.271. The standard InChI is InChI=1S/C11H13N5O2/c17-11-15-14-10-4-9(12-5-16(10)11)13-7-3-6-1-2-8(7)18-6/h4-8,13H,1-3H2,(H,15,17). The van der Waals surface area contributed by atoms with Crippen LogP contribution in [0.3, 0.4) is 0 Å². The summed E-state index contributed by atoms with van der Waals surface area (Å²) in [7, 11) is 0. The maximum Gasteiger partial charge on any atom is 0.348 e. The Balaban J connectivity index is 1.61. The van der Waals surface area contributed by atoms with Gasteiger partial charge in [0, 0.05) is 6.07 Å². The molecule has 2 saturated heterocycles. The number of aromatic nitrogens is 4. The Hall–Kier alpha value is -1.89. The van der Waals surface area contributed by atoms with Gasteiger partial charge in [0.25, 0.3) is 0 Å². The zero-order valence-electron chi connectivity index (χ0n) is 9.67. The van der Waals surface area contributed by atoms with Gasteiger partial charge in [0.05, 0.1) is 18.2 Å². The van der Waals surface area contributed by atoms with Crippen molar-refractivity contribution in [2.75, 3.05) is 5.32 Å². The maximum atomic E-state index is 11.3. The first-order chi connectivity index (χ1) is 8.79. The first kappa shape index (κ1) is 10.1. The summed E-state index contributed by atoms with van der Waals surface area (Å²) in [4.78, 5) is 15.5. The molecular weight excluding hydrogens is 234 g/mol. The Morgan fingerprint density at radius 3 is 3.22 bits per heavy atom. The van der Waals surface area contributed by atoms with Crippen LogP contribution in [-0.2, 0) is 4.74 Å². The van der Waals surface area contributed by atoms with Gasteiger partial charge in [0.15, 0.2) is 5.65 Å². The number of H-pyrrole nitrogens is 1. The normalized spacial score (nSPS) is 30.1. The molecule has 7 nitrogen and oxygen atoms in total. The number of ether oxygens (including phenoxy) is 1. The fourth-order valence-electron chi connectivity index (χ4n) is 2.87. The molecule has 3 atom stereocenters. The van der Waals surface area contributed by atoms with Crippen molar-refractivity contribution in [3.63, 3.8) is 0 Å². The summed E-state index contributed by atoms with van der Waals surface area (Å²) in [5.74, 6) is 0.739. The highest BCUT2D eigenvalue weighted by Gasteiger charge is 2.40. The van der Waals surface area contributed by atoms with E-state index in [1.54, 1.807) is 6.07 Å². The Morgan fingerprint density at radius 1 is 1.50 bits per heavy atom. The molecule has 94 valence electrons. The first-order valence-corrected chi connectivity index (χ1v) is 6.14. The lowest BCUT2D eigenvalue weighted by Gasteiger charge is -2.20. The minimum atomic E-state index is -0.271.